The van der Waals surface area contributed by atoms with Gasteiger partial charge in [-0.05, 0) is 24.3 Å². The van der Waals surface area contributed by atoms with E-state index in [9.17, 15) is 22.8 Å². The molecule has 0 spiro atoms. The van der Waals surface area contributed by atoms with Gasteiger partial charge in [0.25, 0.3) is 0 Å². The van der Waals surface area contributed by atoms with Gasteiger partial charge in [-0.3, -0.25) is 9.59 Å². The molecular formula is C20H21F3N2O5. The Kier molecular flexibility index (Phi) is 7.14. The van der Waals surface area contributed by atoms with Gasteiger partial charge in [-0.1, -0.05) is 6.07 Å². The SMILES string of the molecule is COc1ccc(CC(=O)Nc2ccc(NC(C)=O)cc2C(F)(F)F)c(OC)c1OC. The fraction of sp³-hybridized carbons (Fsp3) is 0.300. The zero-order chi connectivity index (χ0) is 22.5. The van der Waals surface area contributed by atoms with Gasteiger partial charge >= 0.3 is 6.18 Å². The Balaban J connectivity index is 2.31. The summed E-state index contributed by atoms with van der Waals surface area (Å²) >= 11 is 0. The summed E-state index contributed by atoms with van der Waals surface area (Å²) in [5, 5.41) is 4.55. The summed E-state index contributed by atoms with van der Waals surface area (Å²) in [6.45, 7) is 1.18. The molecule has 0 aliphatic rings. The van der Waals surface area contributed by atoms with E-state index in [-0.39, 0.29) is 23.6 Å². The quantitative estimate of drug-likeness (QED) is 0.702. The highest BCUT2D eigenvalue weighted by molar-refractivity contribution is 5.95. The molecule has 0 saturated heterocycles. The van der Waals surface area contributed by atoms with Crippen molar-refractivity contribution < 1.29 is 37.0 Å². The Morgan fingerprint density at radius 3 is 2.13 bits per heavy atom. The molecule has 0 atom stereocenters. The number of carbonyl (C=O) groups is 2. The topological polar surface area (TPSA) is 85.9 Å². The minimum atomic E-state index is -4.74. The lowest BCUT2D eigenvalue weighted by molar-refractivity contribution is -0.137. The second-order valence-corrected chi connectivity index (χ2v) is 6.16. The number of alkyl halides is 3. The van der Waals surface area contributed by atoms with Gasteiger partial charge in [-0.2, -0.15) is 13.2 Å². The van der Waals surface area contributed by atoms with Crippen molar-refractivity contribution in [3.05, 3.63) is 41.5 Å². The van der Waals surface area contributed by atoms with E-state index < -0.39 is 29.2 Å². The first-order chi connectivity index (χ1) is 14.1. The van der Waals surface area contributed by atoms with Gasteiger partial charge in [0.15, 0.2) is 11.5 Å². The van der Waals surface area contributed by atoms with Crippen LogP contribution in [0.15, 0.2) is 30.3 Å². The molecule has 0 heterocycles. The maximum absolute atomic E-state index is 13.4. The summed E-state index contributed by atoms with van der Waals surface area (Å²) in [5.41, 5.74) is -1.15. The number of ether oxygens (including phenoxy) is 3. The minimum Gasteiger partial charge on any atom is -0.493 e. The Morgan fingerprint density at radius 1 is 0.933 bits per heavy atom. The summed E-state index contributed by atoms with van der Waals surface area (Å²) in [6.07, 6.45) is -5.01. The van der Waals surface area contributed by atoms with Gasteiger partial charge in [0.2, 0.25) is 17.6 Å². The molecule has 7 nitrogen and oxygen atoms in total. The Hall–Kier alpha value is -3.43. The van der Waals surface area contributed by atoms with Crippen molar-refractivity contribution in [3.63, 3.8) is 0 Å². The Morgan fingerprint density at radius 2 is 1.60 bits per heavy atom. The van der Waals surface area contributed by atoms with Crippen LogP contribution >= 0.6 is 0 Å². The van der Waals surface area contributed by atoms with Crippen molar-refractivity contribution in [2.75, 3.05) is 32.0 Å². The third kappa shape index (κ3) is 5.34. The van der Waals surface area contributed by atoms with Gasteiger partial charge in [0.05, 0.1) is 39.0 Å². The number of amides is 2. The molecule has 0 aliphatic carbocycles. The minimum absolute atomic E-state index is 0.0330. The van der Waals surface area contributed by atoms with Gasteiger partial charge < -0.3 is 24.8 Å². The molecule has 0 unspecified atom stereocenters. The summed E-state index contributed by atoms with van der Waals surface area (Å²) in [7, 11) is 4.21. The van der Waals surface area contributed by atoms with E-state index >= 15 is 0 Å². The van der Waals surface area contributed by atoms with Crippen LogP contribution in [0.1, 0.15) is 18.1 Å². The van der Waals surface area contributed by atoms with E-state index in [0.29, 0.717) is 11.3 Å². The largest absolute Gasteiger partial charge is 0.493 e. The zero-order valence-electron chi connectivity index (χ0n) is 16.8. The molecule has 0 radical (unpaired) electrons. The van der Waals surface area contributed by atoms with Gasteiger partial charge in [-0.15, -0.1) is 0 Å². The number of benzene rings is 2. The first-order valence-electron chi connectivity index (χ1n) is 8.67. The highest BCUT2D eigenvalue weighted by atomic mass is 19.4. The molecule has 10 heteroatoms. The maximum atomic E-state index is 13.4. The standard InChI is InChI=1S/C20H21F3N2O5/c1-11(26)24-13-6-7-15(14(10-13)20(21,22)23)25-17(27)9-12-5-8-16(28-2)19(30-4)18(12)29-3/h5-8,10H,9H2,1-4H3,(H,24,26)(H,25,27). The third-order valence-corrected chi connectivity index (χ3v) is 4.06. The molecule has 0 bridgehead atoms. The molecule has 2 N–H and O–H groups in total. The molecule has 30 heavy (non-hydrogen) atoms. The van der Waals surface area contributed by atoms with Crippen LogP contribution in [0.2, 0.25) is 0 Å². The molecule has 0 saturated carbocycles. The van der Waals surface area contributed by atoms with Crippen LogP contribution in [0.25, 0.3) is 0 Å². The monoisotopic (exact) mass is 426 g/mol. The van der Waals surface area contributed by atoms with Crippen molar-refractivity contribution in [2.45, 2.75) is 19.5 Å². The van der Waals surface area contributed by atoms with Crippen molar-refractivity contribution in [1.82, 2.24) is 0 Å². The number of rotatable bonds is 7. The smallest absolute Gasteiger partial charge is 0.418 e. The van der Waals surface area contributed by atoms with E-state index in [1.165, 1.54) is 34.3 Å². The predicted molar refractivity (Wildman–Crippen MR) is 104 cm³/mol. The van der Waals surface area contributed by atoms with Crippen molar-refractivity contribution in [2.24, 2.45) is 0 Å². The second kappa shape index (κ2) is 9.38. The van der Waals surface area contributed by atoms with Crippen LogP contribution in [0, 0.1) is 0 Å². The van der Waals surface area contributed by atoms with Crippen LogP contribution < -0.4 is 24.8 Å². The fourth-order valence-corrected chi connectivity index (χ4v) is 2.84. The predicted octanol–water partition coefficient (Wildman–Crippen LogP) is 3.87. The summed E-state index contributed by atoms with van der Waals surface area (Å²) < 4.78 is 56.0. The van der Waals surface area contributed by atoms with Gasteiger partial charge in [-0.25, -0.2) is 0 Å². The zero-order valence-corrected chi connectivity index (χ0v) is 16.8. The lowest BCUT2D eigenvalue weighted by atomic mass is 10.1. The molecule has 0 aromatic heterocycles. The van der Waals surface area contributed by atoms with Gasteiger partial charge in [0, 0.05) is 18.2 Å². The number of hydrogen-bond acceptors (Lipinski definition) is 5. The average molecular weight is 426 g/mol. The molecule has 0 fully saturated rings. The van der Waals surface area contributed by atoms with Crippen LogP contribution in [-0.2, 0) is 22.2 Å². The molecule has 2 amide bonds. The van der Waals surface area contributed by atoms with Crippen LogP contribution in [-0.4, -0.2) is 33.1 Å². The van der Waals surface area contributed by atoms with Crippen molar-refractivity contribution in [3.8, 4) is 17.2 Å². The maximum Gasteiger partial charge on any atom is 0.418 e. The summed E-state index contributed by atoms with van der Waals surface area (Å²) in [5.74, 6) is -0.324. The Bertz CT molecular complexity index is 945. The van der Waals surface area contributed by atoms with Crippen molar-refractivity contribution >= 4 is 23.2 Å². The first kappa shape index (κ1) is 22.9. The second-order valence-electron chi connectivity index (χ2n) is 6.16. The van der Waals surface area contributed by atoms with Crippen molar-refractivity contribution in [1.29, 1.82) is 0 Å². The van der Waals surface area contributed by atoms with E-state index in [1.54, 1.807) is 12.1 Å². The summed E-state index contributed by atoms with van der Waals surface area (Å²) in [4.78, 5) is 23.6. The highest BCUT2D eigenvalue weighted by Crippen LogP contribution is 2.40. The van der Waals surface area contributed by atoms with E-state index in [1.807, 2.05) is 0 Å². The Labute approximate surface area is 171 Å². The highest BCUT2D eigenvalue weighted by Gasteiger charge is 2.34. The number of anilines is 2. The normalized spacial score (nSPS) is 10.9. The number of nitrogens with one attached hydrogen (secondary N) is 2. The van der Waals surface area contributed by atoms with E-state index in [0.717, 1.165) is 12.1 Å². The summed E-state index contributed by atoms with van der Waals surface area (Å²) in [6, 6.07) is 6.23. The lowest BCUT2D eigenvalue weighted by Crippen LogP contribution is -2.19. The number of methoxy groups -OCH3 is 3. The number of hydrogen-bond donors (Lipinski definition) is 2. The third-order valence-electron chi connectivity index (χ3n) is 4.06. The molecular weight excluding hydrogens is 405 g/mol. The molecule has 162 valence electrons. The fourth-order valence-electron chi connectivity index (χ4n) is 2.84. The van der Waals surface area contributed by atoms with Crippen LogP contribution in [0.3, 0.4) is 0 Å². The van der Waals surface area contributed by atoms with Crippen LogP contribution in [0.4, 0.5) is 24.5 Å². The average Bonchev–Trinajstić information content (AvgIpc) is 2.67. The molecule has 2 aromatic rings. The molecule has 2 rings (SSSR count). The van der Waals surface area contributed by atoms with E-state index in [4.69, 9.17) is 14.2 Å². The molecule has 2 aromatic carbocycles. The molecule has 0 aliphatic heterocycles. The van der Waals surface area contributed by atoms with Crippen LogP contribution in [0.5, 0.6) is 17.2 Å². The lowest BCUT2D eigenvalue weighted by Gasteiger charge is -2.17. The number of halogens is 3. The number of carbonyl (C=O) groups excluding carboxylic acids is 2. The van der Waals surface area contributed by atoms with Gasteiger partial charge in [0.1, 0.15) is 0 Å². The first-order valence-corrected chi connectivity index (χ1v) is 8.67. The van der Waals surface area contributed by atoms with E-state index in [2.05, 4.69) is 10.6 Å².